The highest BCUT2D eigenvalue weighted by molar-refractivity contribution is 7.92. The van der Waals surface area contributed by atoms with Crippen molar-refractivity contribution in [3.05, 3.63) is 94.5 Å². The molecule has 3 rings (SSSR count). The molecule has 0 saturated heterocycles. The van der Waals surface area contributed by atoms with Crippen LogP contribution in [0, 0.1) is 0 Å². The molecule has 0 aliphatic heterocycles. The number of nitrogens with zero attached hydrogens (tertiary/aromatic N) is 2. The number of hydrogen-bond acceptors (Lipinski definition) is 4. The summed E-state index contributed by atoms with van der Waals surface area (Å²) in [4.78, 5) is 28.0. The van der Waals surface area contributed by atoms with E-state index >= 15 is 0 Å². The Kier molecular flexibility index (Phi) is 9.97. The maximum Gasteiger partial charge on any atom is 0.264 e. The van der Waals surface area contributed by atoms with Crippen LogP contribution in [0.5, 0.6) is 0 Å². The summed E-state index contributed by atoms with van der Waals surface area (Å²) in [7, 11) is -4.18. The van der Waals surface area contributed by atoms with E-state index in [0.29, 0.717) is 6.54 Å². The van der Waals surface area contributed by atoms with Gasteiger partial charge in [-0.1, -0.05) is 78.7 Å². The Labute approximate surface area is 228 Å². The molecule has 1 N–H and O–H groups in total. The smallest absolute Gasteiger partial charge is 0.264 e. The van der Waals surface area contributed by atoms with Gasteiger partial charge in [-0.05, 0) is 49.2 Å². The summed E-state index contributed by atoms with van der Waals surface area (Å²) < 4.78 is 28.4. The van der Waals surface area contributed by atoms with Gasteiger partial charge in [0, 0.05) is 23.1 Å². The number of hydrogen-bond donors (Lipinski definition) is 1. The standard InChI is InChI=1S/C27H29Cl2N3O4S/c1-3-14-30-27(34)20(2)31(18-21-10-6-4-7-11-21)26(33)19-32(24-16-22(28)15-23(29)17-24)37(35,36)25-12-8-5-9-13-25/h4-13,15-17,20H,3,14,18-19H2,1-2H3,(H,30,34). The molecule has 0 spiro atoms. The largest absolute Gasteiger partial charge is 0.354 e. The van der Waals surface area contributed by atoms with Gasteiger partial charge in [0.2, 0.25) is 11.8 Å². The molecule has 0 aliphatic carbocycles. The Balaban J connectivity index is 2.03. The van der Waals surface area contributed by atoms with Crippen LogP contribution in [0.25, 0.3) is 0 Å². The van der Waals surface area contributed by atoms with Crippen molar-refractivity contribution in [2.45, 2.75) is 37.8 Å². The SMILES string of the molecule is CCCNC(=O)C(C)N(Cc1ccccc1)C(=O)CN(c1cc(Cl)cc(Cl)c1)S(=O)(=O)c1ccccc1. The van der Waals surface area contributed by atoms with Gasteiger partial charge < -0.3 is 10.2 Å². The highest BCUT2D eigenvalue weighted by Gasteiger charge is 2.32. The van der Waals surface area contributed by atoms with Crippen molar-refractivity contribution in [3.8, 4) is 0 Å². The summed E-state index contributed by atoms with van der Waals surface area (Å²) in [6.45, 7) is 3.58. The Bertz CT molecular complexity index is 1300. The van der Waals surface area contributed by atoms with Gasteiger partial charge >= 0.3 is 0 Å². The monoisotopic (exact) mass is 561 g/mol. The molecule has 0 radical (unpaired) electrons. The molecular formula is C27H29Cl2N3O4S. The summed E-state index contributed by atoms with van der Waals surface area (Å²) in [5, 5.41) is 3.25. The van der Waals surface area contributed by atoms with E-state index < -0.39 is 28.5 Å². The maximum atomic E-state index is 13.8. The highest BCUT2D eigenvalue weighted by Crippen LogP contribution is 2.30. The molecule has 0 heterocycles. The molecule has 3 aromatic carbocycles. The molecule has 196 valence electrons. The maximum absolute atomic E-state index is 13.8. The van der Waals surface area contributed by atoms with Gasteiger partial charge in [0.05, 0.1) is 10.6 Å². The predicted molar refractivity (Wildman–Crippen MR) is 147 cm³/mol. The minimum atomic E-state index is -4.18. The summed E-state index contributed by atoms with van der Waals surface area (Å²) in [5.74, 6) is -0.881. The van der Waals surface area contributed by atoms with E-state index in [1.54, 1.807) is 25.1 Å². The van der Waals surface area contributed by atoms with Gasteiger partial charge in [-0.2, -0.15) is 0 Å². The van der Waals surface area contributed by atoms with E-state index in [-0.39, 0.29) is 33.1 Å². The zero-order valence-electron chi connectivity index (χ0n) is 20.6. The van der Waals surface area contributed by atoms with Crippen LogP contribution in [-0.4, -0.2) is 44.3 Å². The fourth-order valence-corrected chi connectivity index (χ4v) is 5.62. The predicted octanol–water partition coefficient (Wildman–Crippen LogP) is 5.13. The fraction of sp³-hybridized carbons (Fsp3) is 0.259. The first kappa shape index (κ1) is 28.5. The summed E-state index contributed by atoms with van der Waals surface area (Å²) in [6, 6.07) is 20.5. The molecule has 3 aromatic rings. The lowest BCUT2D eigenvalue weighted by molar-refractivity contribution is -0.139. The van der Waals surface area contributed by atoms with Crippen LogP contribution in [-0.2, 0) is 26.2 Å². The van der Waals surface area contributed by atoms with Crippen molar-refractivity contribution < 1.29 is 18.0 Å². The quantitative estimate of drug-likeness (QED) is 0.351. The van der Waals surface area contributed by atoms with Crippen LogP contribution >= 0.6 is 23.2 Å². The lowest BCUT2D eigenvalue weighted by atomic mass is 10.1. The number of anilines is 1. The highest BCUT2D eigenvalue weighted by atomic mass is 35.5. The number of halogens is 2. The van der Waals surface area contributed by atoms with Crippen molar-refractivity contribution in [1.82, 2.24) is 10.2 Å². The molecule has 37 heavy (non-hydrogen) atoms. The minimum Gasteiger partial charge on any atom is -0.354 e. The van der Waals surface area contributed by atoms with E-state index in [2.05, 4.69) is 5.32 Å². The van der Waals surface area contributed by atoms with Gasteiger partial charge in [-0.25, -0.2) is 8.42 Å². The van der Waals surface area contributed by atoms with Crippen LogP contribution in [0.4, 0.5) is 5.69 Å². The van der Waals surface area contributed by atoms with Crippen LogP contribution in [0.2, 0.25) is 10.0 Å². The first-order valence-corrected chi connectivity index (χ1v) is 14.0. The average Bonchev–Trinajstić information content (AvgIpc) is 2.88. The molecular weight excluding hydrogens is 533 g/mol. The number of amides is 2. The van der Waals surface area contributed by atoms with Crippen LogP contribution in [0.1, 0.15) is 25.8 Å². The lowest BCUT2D eigenvalue weighted by Crippen LogP contribution is -2.51. The van der Waals surface area contributed by atoms with Crippen molar-refractivity contribution in [2.24, 2.45) is 0 Å². The van der Waals surface area contributed by atoms with E-state index in [1.165, 1.54) is 35.2 Å². The molecule has 0 bridgehead atoms. The number of carbonyl (C=O) groups is 2. The summed E-state index contributed by atoms with van der Waals surface area (Å²) >= 11 is 12.4. The molecule has 1 unspecified atom stereocenters. The molecule has 7 nitrogen and oxygen atoms in total. The Morgan fingerprint density at radius 2 is 1.49 bits per heavy atom. The molecule has 0 saturated carbocycles. The van der Waals surface area contributed by atoms with Gasteiger partial charge in [0.1, 0.15) is 12.6 Å². The number of carbonyl (C=O) groups excluding carboxylic acids is 2. The Morgan fingerprint density at radius 1 is 0.919 bits per heavy atom. The first-order valence-electron chi connectivity index (χ1n) is 11.8. The average molecular weight is 563 g/mol. The van der Waals surface area contributed by atoms with Gasteiger partial charge in [-0.3, -0.25) is 13.9 Å². The van der Waals surface area contributed by atoms with E-state index in [0.717, 1.165) is 16.3 Å². The molecule has 0 fully saturated rings. The number of benzene rings is 3. The topological polar surface area (TPSA) is 86.8 Å². The molecule has 2 amide bonds. The zero-order chi connectivity index (χ0) is 27.0. The zero-order valence-corrected chi connectivity index (χ0v) is 22.9. The van der Waals surface area contributed by atoms with Gasteiger partial charge in [-0.15, -0.1) is 0 Å². The van der Waals surface area contributed by atoms with Crippen molar-refractivity contribution in [3.63, 3.8) is 0 Å². The van der Waals surface area contributed by atoms with E-state index in [4.69, 9.17) is 23.2 Å². The first-order chi connectivity index (χ1) is 17.6. The number of nitrogens with one attached hydrogen (secondary N) is 1. The van der Waals surface area contributed by atoms with Crippen molar-refractivity contribution >= 4 is 50.7 Å². The van der Waals surface area contributed by atoms with E-state index in [9.17, 15) is 18.0 Å². The third-order valence-electron chi connectivity index (χ3n) is 5.66. The normalized spacial score (nSPS) is 12.0. The lowest BCUT2D eigenvalue weighted by Gasteiger charge is -2.32. The molecule has 10 heteroatoms. The van der Waals surface area contributed by atoms with Crippen LogP contribution in [0.3, 0.4) is 0 Å². The molecule has 0 aromatic heterocycles. The van der Waals surface area contributed by atoms with Gasteiger partial charge in [0.25, 0.3) is 10.0 Å². The second-order valence-electron chi connectivity index (χ2n) is 8.43. The minimum absolute atomic E-state index is 0.00208. The Morgan fingerprint density at radius 3 is 2.05 bits per heavy atom. The third-order valence-corrected chi connectivity index (χ3v) is 7.88. The molecule has 1 atom stereocenters. The van der Waals surface area contributed by atoms with Crippen LogP contribution in [0.15, 0.2) is 83.8 Å². The van der Waals surface area contributed by atoms with E-state index in [1.807, 2.05) is 37.3 Å². The summed E-state index contributed by atoms with van der Waals surface area (Å²) in [5.41, 5.74) is 0.937. The van der Waals surface area contributed by atoms with Gasteiger partial charge in [0.15, 0.2) is 0 Å². The van der Waals surface area contributed by atoms with Crippen molar-refractivity contribution in [2.75, 3.05) is 17.4 Å². The summed E-state index contributed by atoms with van der Waals surface area (Å²) in [6.07, 6.45) is 0.740. The second kappa shape index (κ2) is 12.9. The fourth-order valence-electron chi connectivity index (χ4n) is 3.69. The van der Waals surface area contributed by atoms with Crippen molar-refractivity contribution in [1.29, 1.82) is 0 Å². The van der Waals surface area contributed by atoms with Crippen LogP contribution < -0.4 is 9.62 Å². The third kappa shape index (κ3) is 7.47. The molecule has 0 aliphatic rings. The Hall–Kier alpha value is -3.07. The number of rotatable bonds is 11. The second-order valence-corrected chi connectivity index (χ2v) is 11.2. The number of sulfonamides is 1.